The van der Waals surface area contributed by atoms with Gasteiger partial charge in [-0.1, -0.05) is 0 Å². The lowest BCUT2D eigenvalue weighted by Gasteiger charge is -2.55. The number of amidine groups is 1. The zero-order chi connectivity index (χ0) is 10.8. The predicted molar refractivity (Wildman–Crippen MR) is 65.2 cm³/mol. The Kier molecular flexibility index (Phi) is 1.79. The van der Waals surface area contributed by atoms with Gasteiger partial charge in [-0.05, 0) is 69.1 Å². The first-order valence-corrected chi connectivity index (χ1v) is 7.08. The van der Waals surface area contributed by atoms with Crippen LogP contribution in [0.25, 0.3) is 0 Å². The van der Waals surface area contributed by atoms with E-state index in [0.717, 1.165) is 23.6 Å². The summed E-state index contributed by atoms with van der Waals surface area (Å²) in [5, 5.41) is 0. The maximum Gasteiger partial charge on any atom is 0.0975 e. The Balaban J connectivity index is 1.63. The van der Waals surface area contributed by atoms with Crippen LogP contribution in [0.15, 0.2) is 4.99 Å². The van der Waals surface area contributed by atoms with E-state index in [1.165, 1.54) is 51.4 Å². The van der Waals surface area contributed by atoms with Crippen molar-refractivity contribution in [1.82, 2.24) is 0 Å². The normalized spacial score (nSPS) is 51.0. The average Bonchev–Trinajstić information content (AvgIpc) is 2.96. The summed E-state index contributed by atoms with van der Waals surface area (Å²) >= 11 is 0. The molecule has 0 aromatic heterocycles. The highest BCUT2D eigenvalue weighted by Crippen LogP contribution is 2.57. The molecule has 5 aliphatic carbocycles. The van der Waals surface area contributed by atoms with Gasteiger partial charge in [-0.2, -0.15) is 0 Å². The lowest BCUT2D eigenvalue weighted by atomic mass is 9.53. The highest BCUT2D eigenvalue weighted by atomic mass is 15.0. The van der Waals surface area contributed by atoms with Gasteiger partial charge in [0.2, 0.25) is 0 Å². The topological polar surface area (TPSA) is 38.4 Å². The minimum atomic E-state index is 0.307. The summed E-state index contributed by atoms with van der Waals surface area (Å²) in [6.45, 7) is 0. The molecule has 0 radical (unpaired) electrons. The van der Waals surface area contributed by atoms with E-state index in [4.69, 9.17) is 10.7 Å². The predicted octanol–water partition coefficient (Wildman–Crippen LogP) is 2.72. The fourth-order valence-electron chi connectivity index (χ4n) is 4.95. The summed E-state index contributed by atoms with van der Waals surface area (Å²) in [6.07, 6.45) is 11.1. The number of nitrogens with two attached hydrogens (primary N) is 1. The van der Waals surface area contributed by atoms with Gasteiger partial charge < -0.3 is 5.73 Å². The van der Waals surface area contributed by atoms with Crippen LogP contribution in [0.1, 0.15) is 51.4 Å². The third-order valence-electron chi connectivity index (χ3n) is 5.37. The smallest absolute Gasteiger partial charge is 0.0975 e. The van der Waals surface area contributed by atoms with Crippen molar-refractivity contribution in [2.45, 2.75) is 56.9 Å². The molecule has 0 spiro atoms. The van der Waals surface area contributed by atoms with Gasteiger partial charge in [-0.25, -0.2) is 0 Å². The van der Waals surface area contributed by atoms with Gasteiger partial charge in [0.1, 0.15) is 0 Å². The van der Waals surface area contributed by atoms with Gasteiger partial charge in [0, 0.05) is 5.92 Å². The summed E-state index contributed by atoms with van der Waals surface area (Å²) in [5.41, 5.74) is 6.46. The van der Waals surface area contributed by atoms with Crippen LogP contribution in [0, 0.1) is 23.7 Å². The fraction of sp³-hybridized carbons (Fsp3) is 0.929. The molecule has 2 nitrogen and oxygen atoms in total. The molecule has 0 aliphatic heterocycles. The van der Waals surface area contributed by atoms with E-state index < -0.39 is 0 Å². The molecule has 0 saturated heterocycles. The molecule has 16 heavy (non-hydrogen) atoms. The van der Waals surface area contributed by atoms with E-state index in [-0.39, 0.29) is 0 Å². The zero-order valence-electron chi connectivity index (χ0n) is 9.99. The van der Waals surface area contributed by atoms with Crippen LogP contribution in [-0.2, 0) is 0 Å². The number of hydrogen-bond acceptors (Lipinski definition) is 1. The molecular formula is C14H22N2. The standard InChI is InChI=1S/C14H22N2/c15-13(12-1-2-12)16-14-6-9-3-10(7-14)5-11(4-9)8-14/h9-12H,1-8H2,(H2,15,16). The molecule has 0 aromatic rings. The van der Waals surface area contributed by atoms with Gasteiger partial charge in [-0.3, -0.25) is 4.99 Å². The van der Waals surface area contributed by atoms with Crippen molar-refractivity contribution in [2.24, 2.45) is 34.4 Å². The maximum absolute atomic E-state index is 6.15. The highest BCUT2D eigenvalue weighted by Gasteiger charge is 2.51. The molecule has 88 valence electrons. The second-order valence-electron chi connectivity index (χ2n) is 6.95. The SMILES string of the molecule is NC(=NC12CC3CC(CC(C3)C1)C2)C1CC1. The third kappa shape index (κ3) is 1.42. The third-order valence-corrected chi connectivity index (χ3v) is 5.37. The van der Waals surface area contributed by atoms with Gasteiger partial charge in [0.15, 0.2) is 0 Å². The van der Waals surface area contributed by atoms with Crippen molar-refractivity contribution in [3.8, 4) is 0 Å². The molecule has 4 bridgehead atoms. The average molecular weight is 218 g/mol. The maximum atomic E-state index is 6.15. The van der Waals surface area contributed by atoms with Crippen LogP contribution in [0.3, 0.4) is 0 Å². The van der Waals surface area contributed by atoms with Crippen molar-refractivity contribution < 1.29 is 0 Å². The molecule has 5 aliphatic rings. The molecule has 0 aromatic carbocycles. The summed E-state index contributed by atoms with van der Waals surface area (Å²) in [4.78, 5) is 5.02. The van der Waals surface area contributed by atoms with Crippen LogP contribution < -0.4 is 5.73 Å². The minimum absolute atomic E-state index is 0.307. The molecule has 0 atom stereocenters. The first kappa shape index (κ1) is 9.49. The lowest BCUT2D eigenvalue weighted by molar-refractivity contribution is 0.00150. The van der Waals surface area contributed by atoms with Crippen LogP contribution in [0.5, 0.6) is 0 Å². The summed E-state index contributed by atoms with van der Waals surface area (Å²) in [5.74, 6) is 4.63. The van der Waals surface area contributed by atoms with Gasteiger partial charge in [-0.15, -0.1) is 0 Å². The summed E-state index contributed by atoms with van der Waals surface area (Å²) in [6, 6.07) is 0. The van der Waals surface area contributed by atoms with Crippen LogP contribution in [0.2, 0.25) is 0 Å². The number of aliphatic imine (C=N–C) groups is 1. The van der Waals surface area contributed by atoms with Crippen molar-refractivity contribution in [2.75, 3.05) is 0 Å². The van der Waals surface area contributed by atoms with E-state index in [9.17, 15) is 0 Å². The lowest BCUT2D eigenvalue weighted by Crippen LogP contribution is -2.50. The van der Waals surface area contributed by atoms with E-state index >= 15 is 0 Å². The van der Waals surface area contributed by atoms with Gasteiger partial charge >= 0.3 is 0 Å². The van der Waals surface area contributed by atoms with Crippen LogP contribution in [-0.4, -0.2) is 11.4 Å². The summed E-state index contributed by atoms with van der Waals surface area (Å²) < 4.78 is 0. The molecule has 5 saturated carbocycles. The Morgan fingerprint density at radius 1 is 0.938 bits per heavy atom. The Bertz CT molecular complexity index is 305. The van der Waals surface area contributed by atoms with Crippen molar-refractivity contribution in [3.05, 3.63) is 0 Å². The van der Waals surface area contributed by atoms with Crippen LogP contribution >= 0.6 is 0 Å². The molecular weight excluding hydrogens is 196 g/mol. The summed E-state index contributed by atoms with van der Waals surface area (Å²) in [7, 11) is 0. The minimum Gasteiger partial charge on any atom is -0.387 e. The zero-order valence-corrected chi connectivity index (χ0v) is 9.99. The fourth-order valence-corrected chi connectivity index (χ4v) is 4.95. The first-order chi connectivity index (χ1) is 7.72. The van der Waals surface area contributed by atoms with Crippen molar-refractivity contribution >= 4 is 5.84 Å². The largest absolute Gasteiger partial charge is 0.387 e. The molecule has 5 fully saturated rings. The molecule has 0 unspecified atom stereocenters. The second-order valence-corrected chi connectivity index (χ2v) is 6.95. The quantitative estimate of drug-likeness (QED) is 0.561. The molecule has 0 heterocycles. The number of hydrogen-bond donors (Lipinski definition) is 1. The molecule has 2 heteroatoms. The van der Waals surface area contributed by atoms with Gasteiger partial charge in [0.25, 0.3) is 0 Å². The second kappa shape index (κ2) is 3.02. The van der Waals surface area contributed by atoms with Crippen molar-refractivity contribution in [3.63, 3.8) is 0 Å². The highest BCUT2D eigenvalue weighted by molar-refractivity contribution is 5.85. The Morgan fingerprint density at radius 2 is 1.44 bits per heavy atom. The Morgan fingerprint density at radius 3 is 1.88 bits per heavy atom. The number of nitrogens with zero attached hydrogens (tertiary/aromatic N) is 1. The first-order valence-electron chi connectivity index (χ1n) is 7.08. The monoisotopic (exact) mass is 218 g/mol. The van der Waals surface area contributed by atoms with E-state index in [1.807, 2.05) is 0 Å². The van der Waals surface area contributed by atoms with Crippen molar-refractivity contribution in [1.29, 1.82) is 0 Å². The molecule has 2 N–H and O–H groups in total. The molecule has 0 amide bonds. The van der Waals surface area contributed by atoms with Gasteiger partial charge in [0.05, 0.1) is 11.4 Å². The van der Waals surface area contributed by atoms with E-state index in [2.05, 4.69) is 0 Å². The van der Waals surface area contributed by atoms with E-state index in [1.54, 1.807) is 0 Å². The van der Waals surface area contributed by atoms with E-state index in [0.29, 0.717) is 11.5 Å². The Labute approximate surface area is 97.7 Å². The number of rotatable bonds is 2. The van der Waals surface area contributed by atoms with Crippen LogP contribution in [0.4, 0.5) is 0 Å². The molecule has 5 rings (SSSR count). The Hall–Kier alpha value is -0.530.